The van der Waals surface area contributed by atoms with Crippen molar-refractivity contribution in [2.45, 2.75) is 19.9 Å². The van der Waals surface area contributed by atoms with Crippen LogP contribution < -0.4 is 9.62 Å². The van der Waals surface area contributed by atoms with E-state index in [1.807, 2.05) is 0 Å². The van der Waals surface area contributed by atoms with Crippen molar-refractivity contribution < 1.29 is 17.6 Å². The monoisotopic (exact) mass is 388 g/mol. The fourth-order valence-electron chi connectivity index (χ4n) is 2.85. The Morgan fingerprint density at radius 1 is 1.22 bits per heavy atom. The Morgan fingerprint density at radius 3 is 2.59 bits per heavy atom. The fourth-order valence-corrected chi connectivity index (χ4v) is 4.41. The van der Waals surface area contributed by atoms with E-state index in [4.69, 9.17) is 0 Å². The van der Waals surface area contributed by atoms with E-state index in [0.717, 1.165) is 5.56 Å². The molecule has 0 atom stereocenters. The normalized spacial score (nSPS) is 16.0. The summed E-state index contributed by atoms with van der Waals surface area (Å²) < 4.78 is 38.8. The summed E-state index contributed by atoms with van der Waals surface area (Å²) in [5.74, 6) is -0.403. The van der Waals surface area contributed by atoms with Gasteiger partial charge in [0.25, 0.3) is 0 Å². The zero-order chi connectivity index (χ0) is 19.4. The van der Waals surface area contributed by atoms with Crippen molar-refractivity contribution in [1.82, 2.24) is 5.32 Å². The molecule has 142 valence electrons. The first kappa shape index (κ1) is 19.1. The summed E-state index contributed by atoms with van der Waals surface area (Å²) in [6.07, 6.45) is 3.68. The third-order valence-corrected chi connectivity index (χ3v) is 6.28. The number of anilines is 1. The van der Waals surface area contributed by atoms with E-state index in [2.05, 4.69) is 5.32 Å². The van der Waals surface area contributed by atoms with Gasteiger partial charge in [0, 0.05) is 19.2 Å². The van der Waals surface area contributed by atoms with E-state index in [9.17, 15) is 17.6 Å². The average molecular weight is 388 g/mol. The van der Waals surface area contributed by atoms with E-state index in [1.54, 1.807) is 49.4 Å². The van der Waals surface area contributed by atoms with E-state index < -0.39 is 10.0 Å². The molecule has 0 bridgehead atoms. The van der Waals surface area contributed by atoms with Crippen LogP contribution >= 0.6 is 0 Å². The Labute approximate surface area is 158 Å². The molecule has 0 aliphatic carbocycles. The second-order valence-electron chi connectivity index (χ2n) is 6.47. The summed E-state index contributed by atoms with van der Waals surface area (Å²) in [5.41, 5.74) is 2.67. The first-order valence-electron chi connectivity index (χ1n) is 8.66. The molecule has 1 heterocycles. The van der Waals surface area contributed by atoms with Gasteiger partial charge in [-0.15, -0.1) is 0 Å². The Kier molecular flexibility index (Phi) is 5.60. The maximum atomic E-state index is 13.5. The first-order valence-corrected chi connectivity index (χ1v) is 10.3. The van der Waals surface area contributed by atoms with Gasteiger partial charge in [-0.2, -0.15) is 0 Å². The summed E-state index contributed by atoms with van der Waals surface area (Å²) in [6.45, 7) is 2.43. The Bertz CT molecular complexity index is 969. The largest absolute Gasteiger partial charge is 0.348 e. The molecule has 0 aromatic heterocycles. The van der Waals surface area contributed by atoms with Crippen LogP contribution in [0.15, 0.2) is 48.5 Å². The second-order valence-corrected chi connectivity index (χ2v) is 8.48. The van der Waals surface area contributed by atoms with Crippen LogP contribution in [0.4, 0.5) is 10.1 Å². The highest BCUT2D eigenvalue weighted by Crippen LogP contribution is 2.24. The van der Waals surface area contributed by atoms with Crippen LogP contribution in [0.25, 0.3) is 6.08 Å². The lowest BCUT2D eigenvalue weighted by atomic mass is 10.1. The Balaban J connectivity index is 1.57. The minimum atomic E-state index is -3.19. The quantitative estimate of drug-likeness (QED) is 0.801. The fraction of sp³-hybridized carbons (Fsp3) is 0.250. The molecular weight excluding hydrogens is 367 g/mol. The molecule has 2 aromatic rings. The van der Waals surface area contributed by atoms with Crippen molar-refractivity contribution in [2.24, 2.45) is 0 Å². The number of sulfonamides is 1. The molecule has 0 radical (unpaired) electrons. The van der Waals surface area contributed by atoms with Crippen molar-refractivity contribution in [1.29, 1.82) is 0 Å². The number of halogens is 1. The lowest BCUT2D eigenvalue weighted by molar-refractivity contribution is -0.116. The Morgan fingerprint density at radius 2 is 1.96 bits per heavy atom. The highest BCUT2D eigenvalue weighted by molar-refractivity contribution is 7.93. The van der Waals surface area contributed by atoms with Crippen molar-refractivity contribution in [3.63, 3.8) is 0 Å². The van der Waals surface area contributed by atoms with Crippen molar-refractivity contribution >= 4 is 27.7 Å². The summed E-state index contributed by atoms with van der Waals surface area (Å²) >= 11 is 0. The van der Waals surface area contributed by atoms with Gasteiger partial charge in [0.15, 0.2) is 0 Å². The minimum Gasteiger partial charge on any atom is -0.348 e. The second kappa shape index (κ2) is 7.92. The zero-order valence-corrected chi connectivity index (χ0v) is 15.8. The third-order valence-electron chi connectivity index (χ3n) is 4.41. The van der Waals surface area contributed by atoms with Gasteiger partial charge in [-0.1, -0.05) is 24.3 Å². The SMILES string of the molecule is Cc1ccc(CNC(=O)/C=C/c2ccc(N3CCCS3(=O)=O)cc2)cc1F. The number of amides is 1. The topological polar surface area (TPSA) is 66.5 Å². The number of nitrogens with one attached hydrogen (secondary N) is 1. The maximum absolute atomic E-state index is 13.5. The summed E-state index contributed by atoms with van der Waals surface area (Å²) in [7, 11) is -3.19. The number of hydrogen-bond donors (Lipinski definition) is 1. The highest BCUT2D eigenvalue weighted by atomic mass is 32.2. The number of benzene rings is 2. The minimum absolute atomic E-state index is 0.180. The number of rotatable bonds is 5. The van der Waals surface area contributed by atoms with E-state index in [1.165, 1.54) is 16.4 Å². The molecule has 2 aromatic carbocycles. The van der Waals surface area contributed by atoms with E-state index >= 15 is 0 Å². The summed E-state index contributed by atoms with van der Waals surface area (Å²) in [6, 6.07) is 11.8. The lowest BCUT2D eigenvalue weighted by Crippen LogP contribution is -2.24. The van der Waals surface area contributed by atoms with Crippen LogP contribution in [0.1, 0.15) is 23.1 Å². The van der Waals surface area contributed by atoms with E-state index in [0.29, 0.717) is 29.8 Å². The molecular formula is C20H21FN2O3S. The van der Waals surface area contributed by atoms with Gasteiger partial charge < -0.3 is 5.32 Å². The summed E-state index contributed by atoms with van der Waals surface area (Å²) in [5, 5.41) is 2.70. The maximum Gasteiger partial charge on any atom is 0.244 e. The number of hydrogen-bond acceptors (Lipinski definition) is 3. The van der Waals surface area contributed by atoms with Crippen LogP contribution in [0, 0.1) is 12.7 Å². The van der Waals surface area contributed by atoms with E-state index in [-0.39, 0.29) is 24.0 Å². The van der Waals surface area contributed by atoms with Gasteiger partial charge in [0.05, 0.1) is 11.4 Å². The predicted octanol–water partition coefficient (Wildman–Crippen LogP) is 3.00. The molecule has 0 saturated carbocycles. The molecule has 1 amide bonds. The first-order chi connectivity index (χ1) is 12.8. The summed E-state index contributed by atoms with van der Waals surface area (Å²) in [4.78, 5) is 11.9. The van der Waals surface area contributed by atoms with Crippen LogP contribution in [-0.2, 0) is 21.4 Å². The lowest BCUT2D eigenvalue weighted by Gasteiger charge is -2.16. The standard InChI is InChI=1S/C20H21FN2O3S/c1-15-3-4-17(13-19(15)21)14-22-20(24)10-7-16-5-8-18(9-6-16)23-11-2-12-27(23,25)26/h3-10,13H,2,11-12,14H2,1H3,(H,22,24)/b10-7+. The molecule has 5 nitrogen and oxygen atoms in total. The van der Waals surface area contributed by atoms with Crippen LogP contribution in [0.2, 0.25) is 0 Å². The average Bonchev–Trinajstić information content (AvgIpc) is 3.00. The molecule has 0 unspecified atom stereocenters. The van der Waals surface area contributed by atoms with Gasteiger partial charge in [0.1, 0.15) is 5.82 Å². The zero-order valence-electron chi connectivity index (χ0n) is 15.0. The van der Waals surface area contributed by atoms with Crippen molar-refractivity contribution in [3.05, 3.63) is 71.0 Å². The predicted molar refractivity (Wildman–Crippen MR) is 104 cm³/mol. The number of carbonyl (C=O) groups is 1. The molecule has 3 rings (SSSR count). The Hall–Kier alpha value is -2.67. The van der Waals surface area contributed by atoms with Crippen molar-refractivity contribution in [3.8, 4) is 0 Å². The molecule has 1 aliphatic heterocycles. The number of aryl methyl sites for hydroxylation is 1. The van der Waals surface area contributed by atoms with Crippen LogP contribution in [0.3, 0.4) is 0 Å². The van der Waals surface area contributed by atoms with Gasteiger partial charge in [-0.05, 0) is 54.3 Å². The van der Waals surface area contributed by atoms with Gasteiger partial charge in [-0.3, -0.25) is 9.10 Å². The molecule has 1 fully saturated rings. The highest BCUT2D eigenvalue weighted by Gasteiger charge is 2.28. The molecule has 1 saturated heterocycles. The number of carbonyl (C=O) groups excluding carboxylic acids is 1. The smallest absolute Gasteiger partial charge is 0.244 e. The van der Waals surface area contributed by atoms with Gasteiger partial charge in [-0.25, -0.2) is 12.8 Å². The van der Waals surface area contributed by atoms with Crippen molar-refractivity contribution in [2.75, 3.05) is 16.6 Å². The molecule has 27 heavy (non-hydrogen) atoms. The van der Waals surface area contributed by atoms with Crippen LogP contribution in [-0.4, -0.2) is 26.6 Å². The van der Waals surface area contributed by atoms with Crippen LogP contribution in [0.5, 0.6) is 0 Å². The molecule has 1 N–H and O–H groups in total. The molecule has 0 spiro atoms. The molecule has 1 aliphatic rings. The molecule has 7 heteroatoms. The number of nitrogens with zero attached hydrogens (tertiary/aromatic N) is 1. The van der Waals surface area contributed by atoms with Gasteiger partial charge in [0.2, 0.25) is 15.9 Å². The third kappa shape index (κ3) is 4.74. The van der Waals surface area contributed by atoms with Gasteiger partial charge >= 0.3 is 0 Å².